The maximum Gasteiger partial charge on any atom is 0.225 e. The smallest absolute Gasteiger partial charge is 0.225 e. The number of hydrogen-bond donors (Lipinski definition) is 3. The largest absolute Gasteiger partial charge is 0.370 e. The molecule has 6 heteroatoms. The van der Waals surface area contributed by atoms with Crippen molar-refractivity contribution in [2.45, 2.75) is 12.8 Å². The van der Waals surface area contributed by atoms with Crippen molar-refractivity contribution in [1.82, 2.24) is 0 Å². The second-order valence-corrected chi connectivity index (χ2v) is 3.74. The predicted octanol–water partition coefficient (Wildman–Crippen LogP) is 1.07. The van der Waals surface area contributed by atoms with Gasteiger partial charge in [-0.2, -0.15) is 4.99 Å². The molecule has 0 aromatic heterocycles. The monoisotopic (exact) mass is 253 g/mol. The lowest BCUT2D eigenvalue weighted by molar-refractivity contribution is 0.773. The summed E-state index contributed by atoms with van der Waals surface area (Å²) in [5, 5.41) is 7.82. The number of nitrogens with two attached hydrogens (primary N) is 2. The lowest BCUT2D eigenvalue weighted by atomic mass is 10.0. The normalized spacial score (nSPS) is 13.3. The Kier molecular flexibility index (Phi) is 4.34. The lowest BCUT2D eigenvalue weighted by Crippen LogP contribution is -2.36. The molecule has 17 heavy (non-hydrogen) atoms. The fraction of sp³-hybridized carbons (Fsp3) is 0.273. The molecule has 0 spiro atoms. The Labute approximate surface area is 106 Å². The summed E-state index contributed by atoms with van der Waals surface area (Å²) in [5.41, 5.74) is 12.8. The van der Waals surface area contributed by atoms with Crippen molar-refractivity contribution in [2.24, 2.45) is 16.5 Å². The molecule has 1 heterocycles. The van der Waals surface area contributed by atoms with Crippen molar-refractivity contribution in [3.05, 3.63) is 29.8 Å². The van der Waals surface area contributed by atoms with Crippen LogP contribution in [0.25, 0.3) is 0 Å². The van der Waals surface area contributed by atoms with Gasteiger partial charge in [0.15, 0.2) is 5.96 Å². The number of rotatable bonds is 0. The highest BCUT2D eigenvalue weighted by Gasteiger charge is 2.19. The van der Waals surface area contributed by atoms with E-state index in [1.165, 1.54) is 5.56 Å². The Bertz CT molecular complexity index is 439. The van der Waals surface area contributed by atoms with E-state index in [4.69, 9.17) is 16.9 Å². The van der Waals surface area contributed by atoms with E-state index >= 15 is 0 Å². The molecule has 0 atom stereocenters. The first-order chi connectivity index (χ1) is 7.68. The molecule has 2 rings (SSSR count). The Morgan fingerprint density at radius 2 is 2.00 bits per heavy atom. The Hall–Kier alpha value is -1.75. The second-order valence-electron chi connectivity index (χ2n) is 3.74. The van der Waals surface area contributed by atoms with E-state index in [-0.39, 0.29) is 24.3 Å². The summed E-state index contributed by atoms with van der Waals surface area (Å²) in [5.74, 6) is 0.0280. The van der Waals surface area contributed by atoms with Gasteiger partial charge in [0, 0.05) is 12.2 Å². The summed E-state index contributed by atoms with van der Waals surface area (Å²) in [7, 11) is 0. The summed E-state index contributed by atoms with van der Waals surface area (Å²) in [4.78, 5) is 5.61. The van der Waals surface area contributed by atoms with Gasteiger partial charge in [-0.3, -0.25) is 5.41 Å². The van der Waals surface area contributed by atoms with Crippen LogP contribution in [0.4, 0.5) is 5.69 Å². The number of benzene rings is 1. The molecule has 92 valence electrons. The zero-order valence-electron chi connectivity index (χ0n) is 9.39. The molecule has 0 fully saturated rings. The van der Waals surface area contributed by atoms with Crippen molar-refractivity contribution in [2.75, 3.05) is 11.4 Å². The van der Waals surface area contributed by atoms with Crippen molar-refractivity contribution >= 4 is 30.0 Å². The van der Waals surface area contributed by atoms with Crippen LogP contribution in [0.2, 0.25) is 0 Å². The highest BCUT2D eigenvalue weighted by Crippen LogP contribution is 2.26. The molecule has 1 aliphatic heterocycles. The summed E-state index contributed by atoms with van der Waals surface area (Å²) >= 11 is 0. The second kappa shape index (κ2) is 5.54. The van der Waals surface area contributed by atoms with Crippen LogP contribution in [-0.2, 0) is 6.42 Å². The predicted molar refractivity (Wildman–Crippen MR) is 72.9 cm³/mol. The summed E-state index contributed by atoms with van der Waals surface area (Å²) in [6.45, 7) is 0.784. The SMILES string of the molecule is Cl.N=C(N=C(N)N)N1CCCc2ccccc21. The van der Waals surface area contributed by atoms with Gasteiger partial charge in [-0.05, 0) is 24.5 Å². The number of guanidine groups is 2. The molecule has 0 radical (unpaired) electrons. The maximum atomic E-state index is 7.82. The third kappa shape index (κ3) is 2.88. The van der Waals surface area contributed by atoms with Crippen LogP contribution in [0.1, 0.15) is 12.0 Å². The number of aryl methyl sites for hydroxylation is 1. The molecule has 0 saturated heterocycles. The van der Waals surface area contributed by atoms with Gasteiger partial charge in [-0.25, -0.2) is 0 Å². The van der Waals surface area contributed by atoms with Crippen LogP contribution >= 0.6 is 12.4 Å². The first-order valence-electron chi connectivity index (χ1n) is 5.22. The van der Waals surface area contributed by atoms with Crippen LogP contribution in [0.5, 0.6) is 0 Å². The van der Waals surface area contributed by atoms with Gasteiger partial charge in [0.1, 0.15) is 0 Å². The third-order valence-electron chi connectivity index (χ3n) is 2.60. The average molecular weight is 254 g/mol. The molecule has 0 saturated carbocycles. The molecule has 5 nitrogen and oxygen atoms in total. The topological polar surface area (TPSA) is 91.5 Å². The van der Waals surface area contributed by atoms with Crippen LogP contribution < -0.4 is 16.4 Å². The molecular formula is C11H16ClN5. The van der Waals surface area contributed by atoms with E-state index in [1.807, 2.05) is 23.1 Å². The summed E-state index contributed by atoms with van der Waals surface area (Å²) in [6, 6.07) is 8.03. The minimum absolute atomic E-state index is 0. The van der Waals surface area contributed by atoms with Gasteiger partial charge in [-0.1, -0.05) is 18.2 Å². The van der Waals surface area contributed by atoms with Crippen molar-refractivity contribution < 1.29 is 0 Å². The van der Waals surface area contributed by atoms with E-state index in [0.717, 1.165) is 25.1 Å². The van der Waals surface area contributed by atoms with Crippen molar-refractivity contribution in [3.8, 4) is 0 Å². The Balaban J connectivity index is 0.00000144. The van der Waals surface area contributed by atoms with Gasteiger partial charge < -0.3 is 16.4 Å². The minimum Gasteiger partial charge on any atom is -0.370 e. The average Bonchev–Trinajstić information content (AvgIpc) is 2.27. The first kappa shape index (κ1) is 13.3. The van der Waals surface area contributed by atoms with E-state index in [0.29, 0.717) is 0 Å². The van der Waals surface area contributed by atoms with Gasteiger partial charge in [0.25, 0.3) is 0 Å². The summed E-state index contributed by atoms with van der Waals surface area (Å²) in [6.07, 6.45) is 2.06. The molecule has 0 unspecified atom stereocenters. The number of hydrogen-bond acceptors (Lipinski definition) is 1. The Morgan fingerprint density at radius 1 is 1.29 bits per heavy atom. The first-order valence-corrected chi connectivity index (χ1v) is 5.22. The number of para-hydroxylation sites is 1. The highest BCUT2D eigenvalue weighted by molar-refractivity contribution is 6.01. The quantitative estimate of drug-likeness (QED) is 0.477. The number of nitrogens with zero attached hydrogens (tertiary/aromatic N) is 2. The number of nitrogens with one attached hydrogen (secondary N) is 1. The minimum atomic E-state index is -0.0759. The number of fused-ring (bicyclic) bond motifs is 1. The van der Waals surface area contributed by atoms with E-state index in [1.54, 1.807) is 0 Å². The lowest BCUT2D eigenvalue weighted by Gasteiger charge is -2.29. The fourth-order valence-corrected chi connectivity index (χ4v) is 1.94. The third-order valence-corrected chi connectivity index (χ3v) is 2.60. The van der Waals surface area contributed by atoms with Gasteiger partial charge >= 0.3 is 0 Å². The van der Waals surface area contributed by atoms with E-state index < -0.39 is 0 Å². The summed E-state index contributed by atoms with van der Waals surface area (Å²) < 4.78 is 0. The fourth-order valence-electron chi connectivity index (χ4n) is 1.94. The van der Waals surface area contributed by atoms with E-state index in [2.05, 4.69) is 11.1 Å². The zero-order valence-corrected chi connectivity index (χ0v) is 10.2. The van der Waals surface area contributed by atoms with Crippen LogP contribution in [-0.4, -0.2) is 18.5 Å². The van der Waals surface area contributed by atoms with Gasteiger partial charge in [0.05, 0.1) is 0 Å². The van der Waals surface area contributed by atoms with Crippen LogP contribution in [0.15, 0.2) is 29.3 Å². The van der Waals surface area contributed by atoms with Gasteiger partial charge in [-0.15, -0.1) is 12.4 Å². The van der Waals surface area contributed by atoms with Crippen LogP contribution in [0.3, 0.4) is 0 Å². The van der Waals surface area contributed by atoms with Gasteiger partial charge in [0.2, 0.25) is 5.96 Å². The van der Waals surface area contributed by atoms with Crippen molar-refractivity contribution in [1.29, 1.82) is 5.41 Å². The standard InChI is InChI=1S/C11H15N5.ClH/c12-10(13)15-11(14)16-7-3-5-8-4-1-2-6-9(8)16;/h1-2,4,6H,3,5,7H2,(H5,12,13,14,15);1H. The number of anilines is 1. The number of aliphatic imine (C=N–C) groups is 1. The molecule has 0 bridgehead atoms. The number of halogens is 1. The Morgan fingerprint density at radius 3 is 2.71 bits per heavy atom. The molecule has 0 amide bonds. The molecule has 1 aromatic carbocycles. The van der Waals surface area contributed by atoms with Crippen molar-refractivity contribution in [3.63, 3.8) is 0 Å². The van der Waals surface area contributed by atoms with Crippen LogP contribution in [0, 0.1) is 5.41 Å². The molecule has 1 aliphatic rings. The maximum absolute atomic E-state index is 7.82. The molecule has 0 aliphatic carbocycles. The molecule has 5 N–H and O–H groups in total. The highest BCUT2D eigenvalue weighted by atomic mass is 35.5. The van der Waals surface area contributed by atoms with E-state index in [9.17, 15) is 0 Å². The molecular weight excluding hydrogens is 238 g/mol. The molecule has 1 aromatic rings. The zero-order chi connectivity index (χ0) is 11.5.